The van der Waals surface area contributed by atoms with Crippen molar-refractivity contribution < 1.29 is 4.79 Å². The van der Waals surface area contributed by atoms with Gasteiger partial charge in [0.2, 0.25) is 5.91 Å². The van der Waals surface area contributed by atoms with Gasteiger partial charge in [-0.2, -0.15) is 5.10 Å². The number of halogens is 1. The average molecular weight is 303 g/mol. The highest BCUT2D eigenvalue weighted by Crippen LogP contribution is 2.15. The maximum atomic E-state index is 11.5. The summed E-state index contributed by atoms with van der Waals surface area (Å²) < 4.78 is 1.58. The second-order valence-corrected chi connectivity index (χ2v) is 4.67. The van der Waals surface area contributed by atoms with Gasteiger partial charge in [-0.15, -0.1) is 0 Å². The summed E-state index contributed by atoms with van der Waals surface area (Å²) in [4.78, 5) is 22.9. The van der Waals surface area contributed by atoms with Crippen LogP contribution in [0.15, 0.2) is 15.5 Å². The summed E-state index contributed by atoms with van der Waals surface area (Å²) in [5.41, 5.74) is 0.256. The van der Waals surface area contributed by atoms with Crippen LogP contribution in [0.2, 0.25) is 0 Å². The lowest BCUT2D eigenvalue weighted by atomic mass is 10.4. The van der Waals surface area contributed by atoms with E-state index < -0.39 is 0 Å². The molecule has 0 saturated carbocycles. The third kappa shape index (κ3) is 3.85. The Hall–Kier alpha value is -1.37. The zero-order valence-electron chi connectivity index (χ0n) is 9.95. The van der Waals surface area contributed by atoms with Gasteiger partial charge in [-0.1, -0.05) is 0 Å². The number of aromatic nitrogens is 2. The van der Waals surface area contributed by atoms with E-state index in [1.807, 2.05) is 13.8 Å². The second-order valence-electron chi connectivity index (χ2n) is 3.88. The van der Waals surface area contributed by atoms with Crippen molar-refractivity contribution in [3.8, 4) is 0 Å². The van der Waals surface area contributed by atoms with Crippen LogP contribution in [0.5, 0.6) is 0 Å². The fraction of sp³-hybridized carbons (Fsp3) is 0.500. The third-order valence-corrected chi connectivity index (χ3v) is 2.73. The SMILES string of the molecule is CC(C)NC(=O)CNc1cnn(C)c(=O)c1Br. The summed E-state index contributed by atoms with van der Waals surface area (Å²) in [6, 6.07) is 0.0921. The second kappa shape index (κ2) is 5.81. The van der Waals surface area contributed by atoms with Crippen LogP contribution in [-0.2, 0) is 11.8 Å². The smallest absolute Gasteiger partial charge is 0.282 e. The van der Waals surface area contributed by atoms with Crippen molar-refractivity contribution in [2.45, 2.75) is 19.9 Å². The van der Waals surface area contributed by atoms with E-state index in [-0.39, 0.29) is 24.1 Å². The van der Waals surface area contributed by atoms with Crippen LogP contribution in [0.25, 0.3) is 0 Å². The van der Waals surface area contributed by atoms with Crippen molar-refractivity contribution in [3.63, 3.8) is 0 Å². The first-order chi connectivity index (χ1) is 7.91. The maximum Gasteiger partial charge on any atom is 0.282 e. The van der Waals surface area contributed by atoms with Gasteiger partial charge in [0.1, 0.15) is 4.47 Å². The minimum Gasteiger partial charge on any atom is -0.374 e. The van der Waals surface area contributed by atoms with Crippen molar-refractivity contribution in [2.75, 3.05) is 11.9 Å². The zero-order valence-corrected chi connectivity index (χ0v) is 11.5. The molecule has 94 valence electrons. The molecule has 7 heteroatoms. The van der Waals surface area contributed by atoms with E-state index >= 15 is 0 Å². The van der Waals surface area contributed by atoms with E-state index in [0.29, 0.717) is 10.2 Å². The highest BCUT2D eigenvalue weighted by molar-refractivity contribution is 9.10. The Morgan fingerprint density at radius 2 is 2.24 bits per heavy atom. The molecule has 0 fully saturated rings. The van der Waals surface area contributed by atoms with E-state index in [4.69, 9.17) is 0 Å². The molecule has 0 aliphatic heterocycles. The number of anilines is 1. The summed E-state index contributed by atoms with van der Waals surface area (Å²) in [7, 11) is 1.56. The van der Waals surface area contributed by atoms with Gasteiger partial charge in [0, 0.05) is 13.1 Å². The monoisotopic (exact) mass is 302 g/mol. The number of aryl methyl sites for hydroxylation is 1. The Balaban J connectivity index is 2.68. The summed E-state index contributed by atoms with van der Waals surface area (Å²) >= 11 is 3.16. The van der Waals surface area contributed by atoms with Crippen molar-refractivity contribution in [1.82, 2.24) is 15.1 Å². The van der Waals surface area contributed by atoms with Crippen LogP contribution in [0.4, 0.5) is 5.69 Å². The number of amides is 1. The quantitative estimate of drug-likeness (QED) is 0.848. The Bertz CT molecular complexity index is 470. The number of nitrogens with zero attached hydrogens (tertiary/aromatic N) is 2. The molecule has 0 aromatic carbocycles. The van der Waals surface area contributed by atoms with Gasteiger partial charge in [0.05, 0.1) is 18.4 Å². The van der Waals surface area contributed by atoms with Crippen LogP contribution in [0, 0.1) is 0 Å². The van der Waals surface area contributed by atoms with E-state index in [2.05, 4.69) is 31.7 Å². The van der Waals surface area contributed by atoms with Crippen LogP contribution in [0.3, 0.4) is 0 Å². The molecule has 17 heavy (non-hydrogen) atoms. The standard InChI is InChI=1S/C10H15BrN4O2/c1-6(2)14-8(16)5-12-7-4-13-15(3)10(17)9(7)11/h4,6,12H,5H2,1-3H3,(H,14,16). The highest BCUT2D eigenvalue weighted by Gasteiger charge is 2.08. The summed E-state index contributed by atoms with van der Waals surface area (Å²) in [5.74, 6) is -0.132. The number of hydrogen-bond acceptors (Lipinski definition) is 4. The number of hydrogen-bond donors (Lipinski definition) is 2. The molecule has 0 spiro atoms. The summed E-state index contributed by atoms with van der Waals surface area (Å²) in [5, 5.41) is 9.45. The molecule has 2 N–H and O–H groups in total. The topological polar surface area (TPSA) is 76.0 Å². The van der Waals surface area contributed by atoms with Gasteiger partial charge in [-0.25, -0.2) is 4.68 Å². The van der Waals surface area contributed by atoms with Crippen molar-refractivity contribution in [2.24, 2.45) is 7.05 Å². The van der Waals surface area contributed by atoms with E-state index in [0.717, 1.165) is 0 Å². The molecule has 0 atom stereocenters. The molecule has 0 bridgehead atoms. The van der Waals surface area contributed by atoms with Crippen molar-refractivity contribution in [1.29, 1.82) is 0 Å². The molecular weight excluding hydrogens is 288 g/mol. The van der Waals surface area contributed by atoms with Crippen molar-refractivity contribution >= 4 is 27.5 Å². The van der Waals surface area contributed by atoms with Gasteiger partial charge in [0.25, 0.3) is 5.56 Å². The summed E-state index contributed by atoms with van der Waals surface area (Å²) in [6.07, 6.45) is 1.49. The van der Waals surface area contributed by atoms with E-state index in [1.165, 1.54) is 10.9 Å². The number of rotatable bonds is 4. The van der Waals surface area contributed by atoms with E-state index in [9.17, 15) is 9.59 Å². The molecule has 6 nitrogen and oxygen atoms in total. The zero-order chi connectivity index (χ0) is 13.0. The summed E-state index contributed by atoms with van der Waals surface area (Å²) in [6.45, 7) is 3.87. The lowest BCUT2D eigenvalue weighted by Gasteiger charge is -2.10. The molecule has 1 amide bonds. The first-order valence-electron chi connectivity index (χ1n) is 5.17. The van der Waals surface area contributed by atoms with Gasteiger partial charge >= 0.3 is 0 Å². The largest absolute Gasteiger partial charge is 0.374 e. The highest BCUT2D eigenvalue weighted by atomic mass is 79.9. The Morgan fingerprint density at radius 1 is 1.59 bits per heavy atom. The molecule has 0 saturated heterocycles. The lowest BCUT2D eigenvalue weighted by Crippen LogP contribution is -2.35. The fourth-order valence-corrected chi connectivity index (χ4v) is 1.68. The first kappa shape index (κ1) is 13.7. The van der Waals surface area contributed by atoms with Gasteiger partial charge in [0.15, 0.2) is 0 Å². The van der Waals surface area contributed by atoms with Crippen LogP contribution < -0.4 is 16.2 Å². The van der Waals surface area contributed by atoms with Gasteiger partial charge in [-0.3, -0.25) is 9.59 Å². The Labute approximate surface area is 108 Å². The first-order valence-corrected chi connectivity index (χ1v) is 5.96. The van der Waals surface area contributed by atoms with Crippen LogP contribution in [0.1, 0.15) is 13.8 Å². The molecular formula is C10H15BrN4O2. The number of carbonyl (C=O) groups is 1. The normalized spacial score (nSPS) is 10.4. The predicted molar refractivity (Wildman–Crippen MR) is 68.9 cm³/mol. The minimum atomic E-state index is -0.251. The molecule has 1 aromatic heterocycles. The van der Waals surface area contributed by atoms with Crippen LogP contribution >= 0.6 is 15.9 Å². The third-order valence-electron chi connectivity index (χ3n) is 1.97. The van der Waals surface area contributed by atoms with Gasteiger partial charge in [-0.05, 0) is 29.8 Å². The molecule has 1 heterocycles. The molecule has 1 rings (SSSR count). The Kier molecular flexibility index (Phi) is 4.68. The number of nitrogens with one attached hydrogen (secondary N) is 2. The van der Waals surface area contributed by atoms with Gasteiger partial charge < -0.3 is 10.6 Å². The average Bonchev–Trinajstić information content (AvgIpc) is 2.24. The molecule has 0 radical (unpaired) electrons. The maximum absolute atomic E-state index is 11.5. The molecule has 1 aromatic rings. The van der Waals surface area contributed by atoms with Crippen molar-refractivity contribution in [3.05, 3.63) is 21.0 Å². The molecule has 0 unspecified atom stereocenters. The Morgan fingerprint density at radius 3 is 2.82 bits per heavy atom. The minimum absolute atomic E-state index is 0.0921. The number of carbonyl (C=O) groups excluding carboxylic acids is 1. The fourth-order valence-electron chi connectivity index (χ4n) is 1.18. The molecule has 0 aliphatic rings. The van der Waals surface area contributed by atoms with Crippen LogP contribution in [-0.4, -0.2) is 28.3 Å². The lowest BCUT2D eigenvalue weighted by molar-refractivity contribution is -0.119. The van der Waals surface area contributed by atoms with E-state index in [1.54, 1.807) is 7.05 Å². The predicted octanol–water partition coefficient (Wildman–Crippen LogP) is 0.479. The molecule has 0 aliphatic carbocycles.